The fourth-order valence-corrected chi connectivity index (χ4v) is 4.14. The van der Waals surface area contributed by atoms with Crippen LogP contribution in [0.5, 0.6) is 0 Å². The third kappa shape index (κ3) is 2.51. The summed E-state index contributed by atoms with van der Waals surface area (Å²) >= 11 is 2.96. The van der Waals surface area contributed by atoms with Crippen molar-refractivity contribution in [3.8, 4) is 11.3 Å². The standard InChI is InChI=1S/C15H10N8S2/c16-14-19-11-2-1-9(5-12(11)25-14)24-15-21-20-13-4-3-10(22-23(13)15)8-6-17-18-7-8/h1-7H,(H2,16,19)(H,17,18). The normalized spacial score (nSPS) is 11.5. The summed E-state index contributed by atoms with van der Waals surface area (Å²) in [6, 6.07) is 9.79. The molecule has 0 saturated heterocycles. The third-order valence-electron chi connectivity index (χ3n) is 3.61. The van der Waals surface area contributed by atoms with Gasteiger partial charge in [0.15, 0.2) is 10.8 Å². The molecule has 122 valence electrons. The Kier molecular flexibility index (Phi) is 3.18. The Balaban J connectivity index is 1.56. The molecular formula is C15H10N8S2. The summed E-state index contributed by atoms with van der Waals surface area (Å²) < 4.78 is 2.78. The molecule has 0 radical (unpaired) electrons. The second-order valence-corrected chi connectivity index (χ2v) is 7.34. The molecule has 5 rings (SSSR count). The number of nitrogen functional groups attached to an aromatic ring is 1. The van der Waals surface area contributed by atoms with Crippen LogP contribution >= 0.6 is 23.1 Å². The van der Waals surface area contributed by atoms with Gasteiger partial charge < -0.3 is 5.73 Å². The van der Waals surface area contributed by atoms with Crippen LogP contribution in [0.15, 0.2) is 52.8 Å². The van der Waals surface area contributed by atoms with Gasteiger partial charge in [-0.2, -0.15) is 14.7 Å². The molecule has 0 saturated carbocycles. The van der Waals surface area contributed by atoms with Gasteiger partial charge in [-0.1, -0.05) is 11.3 Å². The lowest BCUT2D eigenvalue weighted by molar-refractivity contribution is 0.813. The van der Waals surface area contributed by atoms with Crippen molar-refractivity contribution in [1.82, 2.24) is 35.0 Å². The van der Waals surface area contributed by atoms with Gasteiger partial charge in [0.2, 0.25) is 5.16 Å². The molecule has 10 heteroatoms. The summed E-state index contributed by atoms with van der Waals surface area (Å²) in [4.78, 5) is 5.30. The van der Waals surface area contributed by atoms with E-state index in [0.29, 0.717) is 15.9 Å². The number of aromatic nitrogens is 7. The average Bonchev–Trinajstić information content (AvgIpc) is 3.33. The molecule has 0 bridgehead atoms. The van der Waals surface area contributed by atoms with Crippen LogP contribution < -0.4 is 5.73 Å². The van der Waals surface area contributed by atoms with Crippen molar-refractivity contribution in [3.05, 3.63) is 42.7 Å². The zero-order valence-corrected chi connectivity index (χ0v) is 14.3. The topological polar surface area (TPSA) is 111 Å². The molecule has 0 aliphatic carbocycles. The molecule has 4 aromatic heterocycles. The quantitative estimate of drug-likeness (QED) is 0.505. The van der Waals surface area contributed by atoms with E-state index in [4.69, 9.17) is 5.73 Å². The van der Waals surface area contributed by atoms with Gasteiger partial charge in [0.25, 0.3) is 0 Å². The van der Waals surface area contributed by atoms with E-state index in [1.54, 1.807) is 16.9 Å². The van der Waals surface area contributed by atoms with Crippen molar-refractivity contribution in [3.63, 3.8) is 0 Å². The highest BCUT2D eigenvalue weighted by Crippen LogP contribution is 2.32. The van der Waals surface area contributed by atoms with Crippen LogP contribution in [0.25, 0.3) is 27.1 Å². The van der Waals surface area contributed by atoms with E-state index < -0.39 is 0 Å². The summed E-state index contributed by atoms with van der Waals surface area (Å²) in [5.74, 6) is 0. The van der Waals surface area contributed by atoms with E-state index in [1.165, 1.54) is 23.1 Å². The van der Waals surface area contributed by atoms with E-state index >= 15 is 0 Å². The second-order valence-electron chi connectivity index (χ2n) is 5.24. The smallest absolute Gasteiger partial charge is 0.217 e. The maximum absolute atomic E-state index is 5.77. The first-order valence-corrected chi connectivity index (χ1v) is 8.95. The molecule has 0 amide bonds. The van der Waals surface area contributed by atoms with Crippen molar-refractivity contribution in [1.29, 1.82) is 0 Å². The average molecular weight is 366 g/mol. The number of nitrogens with two attached hydrogens (primary N) is 1. The van der Waals surface area contributed by atoms with E-state index in [9.17, 15) is 0 Å². The van der Waals surface area contributed by atoms with Crippen LogP contribution in [0, 0.1) is 0 Å². The van der Waals surface area contributed by atoms with E-state index in [0.717, 1.165) is 26.4 Å². The van der Waals surface area contributed by atoms with Crippen LogP contribution in [0.2, 0.25) is 0 Å². The van der Waals surface area contributed by atoms with Crippen LogP contribution in [0.1, 0.15) is 0 Å². The minimum atomic E-state index is 0.566. The Labute approximate surface area is 149 Å². The molecular weight excluding hydrogens is 356 g/mol. The number of anilines is 1. The Bertz CT molecular complexity index is 1190. The lowest BCUT2D eigenvalue weighted by Gasteiger charge is -2.01. The molecule has 0 fully saturated rings. The van der Waals surface area contributed by atoms with E-state index in [2.05, 4.69) is 36.5 Å². The maximum Gasteiger partial charge on any atom is 0.217 e. The van der Waals surface area contributed by atoms with Gasteiger partial charge in [0.1, 0.15) is 0 Å². The van der Waals surface area contributed by atoms with Crippen molar-refractivity contribution in [2.75, 3.05) is 5.73 Å². The summed E-state index contributed by atoms with van der Waals surface area (Å²) in [7, 11) is 0. The molecule has 25 heavy (non-hydrogen) atoms. The Hall–Kier alpha value is -2.98. The predicted octanol–water partition coefficient (Wildman–Crippen LogP) is 2.86. The number of hydrogen-bond donors (Lipinski definition) is 2. The lowest BCUT2D eigenvalue weighted by atomic mass is 10.2. The van der Waals surface area contributed by atoms with Crippen LogP contribution in [0.4, 0.5) is 5.13 Å². The molecule has 3 N–H and O–H groups in total. The van der Waals surface area contributed by atoms with Crippen LogP contribution in [-0.4, -0.2) is 35.0 Å². The molecule has 0 aliphatic heterocycles. The van der Waals surface area contributed by atoms with Crippen LogP contribution in [0.3, 0.4) is 0 Å². The summed E-state index contributed by atoms with van der Waals surface area (Å²) in [5, 5.41) is 21.1. The fraction of sp³-hybridized carbons (Fsp3) is 0. The Morgan fingerprint density at radius 2 is 2.12 bits per heavy atom. The van der Waals surface area contributed by atoms with Crippen molar-refractivity contribution in [2.24, 2.45) is 0 Å². The number of nitrogens with one attached hydrogen (secondary N) is 1. The molecule has 0 spiro atoms. The molecule has 4 heterocycles. The highest BCUT2D eigenvalue weighted by Gasteiger charge is 2.12. The highest BCUT2D eigenvalue weighted by atomic mass is 32.2. The number of benzene rings is 1. The largest absolute Gasteiger partial charge is 0.375 e. The second kappa shape index (κ2) is 5.53. The summed E-state index contributed by atoms with van der Waals surface area (Å²) in [5.41, 5.74) is 9.07. The third-order valence-corrected chi connectivity index (χ3v) is 5.39. The highest BCUT2D eigenvalue weighted by molar-refractivity contribution is 7.99. The van der Waals surface area contributed by atoms with Gasteiger partial charge in [-0.15, -0.1) is 10.2 Å². The number of thiazole rings is 1. The van der Waals surface area contributed by atoms with E-state index in [1.807, 2.05) is 24.3 Å². The van der Waals surface area contributed by atoms with Crippen molar-refractivity contribution in [2.45, 2.75) is 10.1 Å². The van der Waals surface area contributed by atoms with Gasteiger partial charge in [0, 0.05) is 16.7 Å². The SMILES string of the molecule is Nc1nc2ccc(Sc3nnc4ccc(-c5cn[nH]c5)nn34)cc2s1. The number of fused-ring (bicyclic) bond motifs is 2. The minimum Gasteiger partial charge on any atom is -0.375 e. The first-order valence-electron chi connectivity index (χ1n) is 7.32. The first-order chi connectivity index (χ1) is 12.3. The van der Waals surface area contributed by atoms with Gasteiger partial charge in [-0.25, -0.2) is 4.98 Å². The number of aromatic amines is 1. The van der Waals surface area contributed by atoms with Crippen molar-refractivity contribution >= 4 is 44.1 Å². The Morgan fingerprint density at radius 3 is 3.00 bits per heavy atom. The number of hydrogen-bond acceptors (Lipinski definition) is 8. The number of nitrogens with zero attached hydrogens (tertiary/aromatic N) is 6. The molecule has 8 nitrogen and oxygen atoms in total. The maximum atomic E-state index is 5.77. The molecule has 5 aromatic rings. The number of H-pyrrole nitrogens is 1. The first kappa shape index (κ1) is 14.4. The summed E-state index contributed by atoms with van der Waals surface area (Å²) in [6.07, 6.45) is 3.53. The van der Waals surface area contributed by atoms with E-state index in [-0.39, 0.29) is 0 Å². The fourth-order valence-electron chi connectivity index (χ4n) is 2.47. The van der Waals surface area contributed by atoms with Gasteiger partial charge in [-0.3, -0.25) is 5.10 Å². The molecule has 0 unspecified atom stereocenters. The van der Waals surface area contributed by atoms with Crippen molar-refractivity contribution < 1.29 is 0 Å². The summed E-state index contributed by atoms with van der Waals surface area (Å²) in [6.45, 7) is 0. The van der Waals surface area contributed by atoms with Gasteiger partial charge in [0.05, 0.1) is 22.1 Å². The molecule has 1 aromatic carbocycles. The van der Waals surface area contributed by atoms with Gasteiger partial charge >= 0.3 is 0 Å². The minimum absolute atomic E-state index is 0.566. The van der Waals surface area contributed by atoms with Gasteiger partial charge in [-0.05, 0) is 42.1 Å². The van der Waals surface area contributed by atoms with Crippen LogP contribution in [-0.2, 0) is 0 Å². The zero-order chi connectivity index (χ0) is 16.8. The molecule has 0 aliphatic rings. The number of rotatable bonds is 3. The zero-order valence-electron chi connectivity index (χ0n) is 12.6. The predicted molar refractivity (Wildman–Crippen MR) is 96.5 cm³/mol. The monoisotopic (exact) mass is 366 g/mol. The Morgan fingerprint density at radius 1 is 1.16 bits per heavy atom. The lowest BCUT2D eigenvalue weighted by Crippen LogP contribution is -1.95. The molecule has 0 atom stereocenters.